The Morgan fingerprint density at radius 1 is 1.06 bits per heavy atom. The minimum absolute atomic E-state index is 0.0336. The SMILES string of the molecule is Cc1ccc(NC(=O)N2CCN(Cc3c(-c4ccc(Cl)cc4)nc4sc(C)cn34)CC2)c(C)c1. The van der Waals surface area contributed by atoms with Gasteiger partial charge in [0.25, 0.3) is 0 Å². The first-order valence-electron chi connectivity index (χ1n) is 11.5. The maximum absolute atomic E-state index is 12.8. The Hall–Kier alpha value is -2.87. The summed E-state index contributed by atoms with van der Waals surface area (Å²) >= 11 is 7.81. The zero-order valence-electron chi connectivity index (χ0n) is 19.6. The van der Waals surface area contributed by atoms with Crippen molar-refractivity contribution in [1.29, 1.82) is 0 Å². The van der Waals surface area contributed by atoms with E-state index in [0.717, 1.165) is 52.1 Å². The summed E-state index contributed by atoms with van der Waals surface area (Å²) in [6.07, 6.45) is 2.16. The molecule has 1 fully saturated rings. The topological polar surface area (TPSA) is 52.9 Å². The lowest BCUT2D eigenvalue weighted by Crippen LogP contribution is -2.49. The number of piperazine rings is 1. The molecule has 2 aromatic carbocycles. The molecular weight excluding hydrogens is 466 g/mol. The Morgan fingerprint density at radius 3 is 2.50 bits per heavy atom. The fourth-order valence-electron chi connectivity index (χ4n) is 4.46. The van der Waals surface area contributed by atoms with Crippen molar-refractivity contribution >= 4 is 39.6 Å². The van der Waals surface area contributed by atoms with Crippen molar-refractivity contribution in [1.82, 2.24) is 19.2 Å². The molecule has 0 saturated carbocycles. The number of nitrogens with one attached hydrogen (secondary N) is 1. The van der Waals surface area contributed by atoms with E-state index in [1.165, 1.54) is 16.1 Å². The Bertz CT molecular complexity index is 1340. The summed E-state index contributed by atoms with van der Waals surface area (Å²) < 4.78 is 2.21. The minimum atomic E-state index is -0.0336. The fraction of sp³-hybridized carbons (Fsp3) is 0.308. The quantitative estimate of drug-likeness (QED) is 0.380. The van der Waals surface area contributed by atoms with Crippen LogP contribution in [0.1, 0.15) is 21.7 Å². The number of carbonyl (C=O) groups excluding carboxylic acids is 1. The van der Waals surface area contributed by atoms with Gasteiger partial charge in [-0.1, -0.05) is 41.4 Å². The molecule has 2 aromatic heterocycles. The van der Waals surface area contributed by atoms with Gasteiger partial charge in [0.1, 0.15) is 0 Å². The van der Waals surface area contributed by atoms with E-state index in [1.54, 1.807) is 11.3 Å². The zero-order valence-corrected chi connectivity index (χ0v) is 21.2. The summed E-state index contributed by atoms with van der Waals surface area (Å²) in [5.41, 5.74) is 6.39. The molecule has 0 bridgehead atoms. The van der Waals surface area contributed by atoms with Crippen molar-refractivity contribution in [2.45, 2.75) is 27.3 Å². The Kier molecular flexibility index (Phi) is 6.34. The summed E-state index contributed by atoms with van der Waals surface area (Å²) in [7, 11) is 0. The van der Waals surface area contributed by atoms with Crippen LogP contribution < -0.4 is 5.32 Å². The van der Waals surface area contributed by atoms with Crippen LogP contribution in [-0.2, 0) is 6.54 Å². The number of aromatic nitrogens is 2. The van der Waals surface area contributed by atoms with Gasteiger partial charge < -0.3 is 10.2 Å². The van der Waals surface area contributed by atoms with Gasteiger partial charge in [-0.05, 0) is 44.5 Å². The standard InChI is InChI=1S/C26H28ClN5OS/c1-17-4-9-22(18(2)14-17)28-25(33)31-12-10-30(11-13-31)16-23-24(20-5-7-21(27)8-6-20)29-26-32(23)15-19(3)34-26/h4-9,14-15H,10-13,16H2,1-3H3,(H,28,33). The van der Waals surface area contributed by atoms with Gasteiger partial charge in [-0.2, -0.15) is 0 Å². The van der Waals surface area contributed by atoms with E-state index in [4.69, 9.17) is 16.6 Å². The second-order valence-electron chi connectivity index (χ2n) is 8.92. The molecule has 1 aliphatic heterocycles. The normalized spacial score (nSPS) is 14.6. The number of imidazole rings is 1. The number of hydrogen-bond acceptors (Lipinski definition) is 4. The van der Waals surface area contributed by atoms with E-state index in [0.29, 0.717) is 13.1 Å². The number of nitrogens with zero attached hydrogens (tertiary/aromatic N) is 4. The maximum atomic E-state index is 12.8. The zero-order chi connectivity index (χ0) is 23.8. The van der Waals surface area contributed by atoms with Gasteiger partial charge in [0.2, 0.25) is 0 Å². The van der Waals surface area contributed by atoms with Crippen LogP contribution in [0.4, 0.5) is 10.5 Å². The molecule has 0 radical (unpaired) electrons. The van der Waals surface area contributed by atoms with Crippen molar-refractivity contribution in [2.24, 2.45) is 0 Å². The summed E-state index contributed by atoms with van der Waals surface area (Å²) in [4.78, 5) is 24.3. The van der Waals surface area contributed by atoms with Crippen LogP contribution in [0.2, 0.25) is 5.02 Å². The predicted molar refractivity (Wildman–Crippen MR) is 140 cm³/mol. The van der Waals surface area contributed by atoms with Crippen LogP contribution in [0.15, 0.2) is 48.7 Å². The average Bonchev–Trinajstić information content (AvgIpc) is 3.33. The number of anilines is 1. The third kappa shape index (κ3) is 4.69. The van der Waals surface area contributed by atoms with Crippen LogP contribution in [0, 0.1) is 20.8 Å². The number of fused-ring (bicyclic) bond motifs is 1. The third-order valence-corrected chi connectivity index (χ3v) is 7.46. The van der Waals surface area contributed by atoms with Gasteiger partial charge >= 0.3 is 6.03 Å². The monoisotopic (exact) mass is 493 g/mol. The number of amides is 2. The van der Waals surface area contributed by atoms with Crippen molar-refractivity contribution in [2.75, 3.05) is 31.5 Å². The molecule has 3 heterocycles. The third-order valence-electron chi connectivity index (χ3n) is 6.31. The molecule has 1 N–H and O–H groups in total. The number of hydrogen-bond donors (Lipinski definition) is 1. The largest absolute Gasteiger partial charge is 0.322 e. The molecule has 6 nitrogen and oxygen atoms in total. The van der Waals surface area contributed by atoms with Gasteiger partial charge in [-0.25, -0.2) is 9.78 Å². The highest BCUT2D eigenvalue weighted by Gasteiger charge is 2.24. The smallest absolute Gasteiger partial charge is 0.321 e. The average molecular weight is 494 g/mol. The van der Waals surface area contributed by atoms with Crippen LogP contribution in [-0.4, -0.2) is 51.4 Å². The highest BCUT2D eigenvalue weighted by molar-refractivity contribution is 7.17. The fourth-order valence-corrected chi connectivity index (χ4v) is 5.43. The van der Waals surface area contributed by atoms with E-state index in [9.17, 15) is 4.79 Å². The van der Waals surface area contributed by atoms with E-state index in [-0.39, 0.29) is 6.03 Å². The molecule has 1 saturated heterocycles. The molecule has 0 unspecified atom stereocenters. The van der Waals surface area contributed by atoms with E-state index >= 15 is 0 Å². The molecular formula is C26H28ClN5OS. The van der Waals surface area contributed by atoms with Gasteiger partial charge in [0.05, 0.1) is 11.4 Å². The molecule has 5 rings (SSSR count). The Labute approximate surface area is 208 Å². The molecule has 1 aliphatic rings. The number of urea groups is 1. The van der Waals surface area contributed by atoms with Gasteiger partial charge in [-0.3, -0.25) is 9.30 Å². The van der Waals surface area contributed by atoms with Crippen molar-refractivity contribution in [3.63, 3.8) is 0 Å². The summed E-state index contributed by atoms with van der Waals surface area (Å²) in [5, 5.41) is 3.79. The second-order valence-corrected chi connectivity index (χ2v) is 10.6. The van der Waals surface area contributed by atoms with Crippen LogP contribution >= 0.6 is 22.9 Å². The van der Waals surface area contributed by atoms with E-state index in [1.807, 2.05) is 48.2 Å². The van der Waals surface area contributed by atoms with Gasteiger partial charge in [0.15, 0.2) is 4.96 Å². The summed E-state index contributed by atoms with van der Waals surface area (Å²) in [6, 6.07) is 13.9. The van der Waals surface area contributed by atoms with E-state index < -0.39 is 0 Å². The summed E-state index contributed by atoms with van der Waals surface area (Å²) in [6.45, 7) is 9.99. The first-order valence-corrected chi connectivity index (χ1v) is 12.7. The number of aryl methyl sites for hydroxylation is 3. The molecule has 176 valence electrons. The number of halogens is 1. The predicted octanol–water partition coefficient (Wildman–Crippen LogP) is 5.99. The molecule has 4 aromatic rings. The number of rotatable bonds is 4. The molecule has 0 aliphatic carbocycles. The number of carbonyl (C=O) groups is 1. The molecule has 0 atom stereocenters. The van der Waals surface area contributed by atoms with E-state index in [2.05, 4.69) is 40.7 Å². The lowest BCUT2D eigenvalue weighted by atomic mass is 10.1. The summed E-state index contributed by atoms with van der Waals surface area (Å²) in [5.74, 6) is 0. The van der Waals surface area contributed by atoms with Crippen LogP contribution in [0.3, 0.4) is 0 Å². The molecule has 8 heteroatoms. The van der Waals surface area contributed by atoms with Gasteiger partial charge in [0, 0.05) is 60.1 Å². The molecule has 34 heavy (non-hydrogen) atoms. The van der Waals surface area contributed by atoms with Crippen molar-refractivity contribution in [3.8, 4) is 11.3 Å². The first-order chi connectivity index (χ1) is 16.4. The van der Waals surface area contributed by atoms with Crippen LogP contribution in [0.5, 0.6) is 0 Å². The maximum Gasteiger partial charge on any atom is 0.321 e. The van der Waals surface area contributed by atoms with Crippen LogP contribution in [0.25, 0.3) is 16.2 Å². The number of benzene rings is 2. The van der Waals surface area contributed by atoms with Crippen molar-refractivity contribution in [3.05, 3.63) is 75.4 Å². The highest BCUT2D eigenvalue weighted by atomic mass is 35.5. The lowest BCUT2D eigenvalue weighted by molar-refractivity contribution is 0.142. The first kappa shape index (κ1) is 22.9. The Balaban J connectivity index is 1.29. The molecule has 2 amide bonds. The lowest BCUT2D eigenvalue weighted by Gasteiger charge is -2.34. The molecule has 0 spiro atoms. The Morgan fingerprint density at radius 2 is 1.79 bits per heavy atom. The minimum Gasteiger partial charge on any atom is -0.322 e. The van der Waals surface area contributed by atoms with Gasteiger partial charge in [-0.15, -0.1) is 11.3 Å². The number of thiazole rings is 1. The highest BCUT2D eigenvalue weighted by Crippen LogP contribution is 2.30. The second kappa shape index (κ2) is 9.41. The van der Waals surface area contributed by atoms with Crippen molar-refractivity contribution < 1.29 is 4.79 Å².